The number of benzene rings is 2. The highest BCUT2D eigenvalue weighted by atomic mass is 35.5. The van der Waals surface area contributed by atoms with Gasteiger partial charge in [0.05, 0.1) is 18.3 Å². The van der Waals surface area contributed by atoms with E-state index in [9.17, 15) is 18.0 Å². The van der Waals surface area contributed by atoms with Gasteiger partial charge in [-0.15, -0.1) is 0 Å². The highest BCUT2D eigenvalue weighted by molar-refractivity contribution is 6.30. The first-order valence-corrected chi connectivity index (χ1v) is 7.59. The van der Waals surface area contributed by atoms with E-state index in [4.69, 9.17) is 11.6 Å². The van der Waals surface area contributed by atoms with E-state index >= 15 is 0 Å². The van der Waals surface area contributed by atoms with Crippen LogP contribution in [0, 0.1) is 0 Å². The third-order valence-corrected chi connectivity index (χ3v) is 3.56. The second-order valence-corrected chi connectivity index (χ2v) is 5.50. The van der Waals surface area contributed by atoms with Gasteiger partial charge in [-0.05, 0) is 35.4 Å². The molecule has 2 rings (SSSR count). The van der Waals surface area contributed by atoms with Gasteiger partial charge in [-0.3, -0.25) is 0 Å². The SMILES string of the molecule is COC(=O)C(=C/c1ccccc1)/C=C(\c1ccc(Cl)cc1)C(F)(F)F. The number of rotatable bonds is 4. The van der Waals surface area contributed by atoms with Gasteiger partial charge < -0.3 is 4.74 Å². The number of halogens is 4. The van der Waals surface area contributed by atoms with Crippen molar-refractivity contribution in [2.45, 2.75) is 6.18 Å². The Hall–Kier alpha value is -2.53. The number of esters is 1. The topological polar surface area (TPSA) is 26.3 Å². The van der Waals surface area contributed by atoms with E-state index in [1.807, 2.05) is 0 Å². The van der Waals surface area contributed by atoms with Gasteiger partial charge in [0.25, 0.3) is 0 Å². The molecular formula is C19H14ClF3O2. The molecule has 0 aromatic heterocycles. The summed E-state index contributed by atoms with van der Waals surface area (Å²) in [4.78, 5) is 11.9. The summed E-state index contributed by atoms with van der Waals surface area (Å²) in [5.41, 5.74) is -0.690. The van der Waals surface area contributed by atoms with E-state index in [0.717, 1.165) is 13.2 Å². The fourth-order valence-electron chi connectivity index (χ4n) is 2.12. The van der Waals surface area contributed by atoms with Crippen molar-refractivity contribution in [1.29, 1.82) is 0 Å². The number of carbonyl (C=O) groups excluding carboxylic acids is 1. The Morgan fingerprint density at radius 2 is 1.64 bits per heavy atom. The lowest BCUT2D eigenvalue weighted by atomic mass is 10.0. The highest BCUT2D eigenvalue weighted by Gasteiger charge is 2.35. The molecule has 6 heteroatoms. The predicted molar refractivity (Wildman–Crippen MR) is 91.9 cm³/mol. The summed E-state index contributed by atoms with van der Waals surface area (Å²) < 4.78 is 45.1. The summed E-state index contributed by atoms with van der Waals surface area (Å²) in [6, 6.07) is 13.8. The van der Waals surface area contributed by atoms with E-state index in [0.29, 0.717) is 10.6 Å². The zero-order chi connectivity index (χ0) is 18.4. The molecule has 0 unspecified atom stereocenters. The van der Waals surface area contributed by atoms with Crippen LogP contribution in [0.4, 0.5) is 13.2 Å². The minimum Gasteiger partial charge on any atom is -0.465 e. The summed E-state index contributed by atoms with van der Waals surface area (Å²) in [5, 5.41) is 0.318. The second-order valence-electron chi connectivity index (χ2n) is 5.06. The molecule has 0 saturated heterocycles. The zero-order valence-corrected chi connectivity index (χ0v) is 13.9. The smallest absolute Gasteiger partial charge is 0.417 e. The van der Waals surface area contributed by atoms with Gasteiger partial charge in [-0.1, -0.05) is 54.1 Å². The molecule has 0 saturated carbocycles. The van der Waals surface area contributed by atoms with Gasteiger partial charge in [0.15, 0.2) is 0 Å². The molecule has 0 spiro atoms. The van der Waals surface area contributed by atoms with Crippen molar-refractivity contribution in [2.75, 3.05) is 7.11 Å². The van der Waals surface area contributed by atoms with Crippen LogP contribution < -0.4 is 0 Å². The molecule has 130 valence electrons. The zero-order valence-electron chi connectivity index (χ0n) is 13.2. The van der Waals surface area contributed by atoms with Crippen LogP contribution in [0.1, 0.15) is 11.1 Å². The fourth-order valence-corrected chi connectivity index (χ4v) is 2.25. The molecule has 0 fully saturated rings. The largest absolute Gasteiger partial charge is 0.465 e. The van der Waals surface area contributed by atoms with Gasteiger partial charge in [0.1, 0.15) is 0 Å². The molecule has 0 aliphatic heterocycles. The number of hydrogen-bond donors (Lipinski definition) is 0. The summed E-state index contributed by atoms with van der Waals surface area (Å²) in [5.74, 6) is -0.862. The first-order valence-electron chi connectivity index (χ1n) is 7.21. The Balaban J connectivity index is 2.58. The van der Waals surface area contributed by atoms with Crippen LogP contribution in [-0.2, 0) is 9.53 Å². The van der Waals surface area contributed by atoms with Crippen LogP contribution in [0.5, 0.6) is 0 Å². The molecule has 25 heavy (non-hydrogen) atoms. The molecule has 0 aliphatic rings. The number of ether oxygens (including phenoxy) is 1. The standard InChI is InChI=1S/C19H14ClF3O2/c1-25-18(24)15(11-13-5-3-2-4-6-13)12-17(19(21,22)23)14-7-9-16(20)10-8-14/h2-12H,1H3/b15-11+,17-12+. The molecule has 0 N–H and O–H groups in total. The first-order chi connectivity index (χ1) is 11.8. The lowest BCUT2D eigenvalue weighted by Gasteiger charge is -2.13. The molecule has 2 nitrogen and oxygen atoms in total. The average molecular weight is 367 g/mol. The number of alkyl halides is 3. The van der Waals surface area contributed by atoms with Crippen LogP contribution in [0.3, 0.4) is 0 Å². The number of allylic oxidation sites excluding steroid dienone is 1. The van der Waals surface area contributed by atoms with Crippen molar-refractivity contribution in [2.24, 2.45) is 0 Å². The van der Waals surface area contributed by atoms with E-state index < -0.39 is 17.7 Å². The normalized spacial score (nSPS) is 12.8. The number of methoxy groups -OCH3 is 1. The molecule has 0 aliphatic carbocycles. The van der Waals surface area contributed by atoms with Gasteiger partial charge in [0, 0.05) is 5.02 Å². The minimum absolute atomic E-state index is 0.0974. The Morgan fingerprint density at radius 1 is 1.04 bits per heavy atom. The molecule has 0 heterocycles. The van der Waals surface area contributed by atoms with Crippen molar-refractivity contribution < 1.29 is 22.7 Å². The number of carbonyl (C=O) groups is 1. The van der Waals surface area contributed by atoms with Crippen molar-refractivity contribution in [3.8, 4) is 0 Å². The fraction of sp³-hybridized carbons (Fsp3) is 0.105. The first kappa shape index (κ1) is 18.8. The monoisotopic (exact) mass is 366 g/mol. The van der Waals surface area contributed by atoms with Crippen LogP contribution >= 0.6 is 11.6 Å². The van der Waals surface area contributed by atoms with Crippen molar-refractivity contribution in [3.63, 3.8) is 0 Å². The van der Waals surface area contributed by atoms with Crippen LogP contribution in [0.2, 0.25) is 5.02 Å². The molecule has 0 radical (unpaired) electrons. The van der Waals surface area contributed by atoms with Crippen LogP contribution in [0.25, 0.3) is 11.6 Å². The minimum atomic E-state index is -4.66. The summed E-state index contributed by atoms with van der Waals surface area (Å²) in [7, 11) is 1.12. The molecule has 2 aromatic rings. The predicted octanol–water partition coefficient (Wildman–Crippen LogP) is 5.54. The molecule has 0 atom stereocenters. The summed E-state index contributed by atoms with van der Waals surface area (Å²) >= 11 is 5.73. The third kappa shape index (κ3) is 5.22. The lowest BCUT2D eigenvalue weighted by Crippen LogP contribution is -2.13. The van der Waals surface area contributed by atoms with Gasteiger partial charge in [-0.2, -0.15) is 13.2 Å². The maximum absolute atomic E-state index is 13.5. The van der Waals surface area contributed by atoms with E-state index in [2.05, 4.69) is 4.74 Å². The summed E-state index contributed by atoms with van der Waals surface area (Å²) in [6.07, 6.45) is -2.53. The van der Waals surface area contributed by atoms with Crippen LogP contribution in [0.15, 0.2) is 66.2 Å². The third-order valence-electron chi connectivity index (χ3n) is 3.30. The molecule has 0 bridgehead atoms. The second kappa shape index (κ2) is 8.03. The Morgan fingerprint density at radius 3 is 2.16 bits per heavy atom. The quantitative estimate of drug-likeness (QED) is 0.403. The average Bonchev–Trinajstić information content (AvgIpc) is 2.58. The van der Waals surface area contributed by atoms with E-state index in [-0.39, 0.29) is 11.1 Å². The molecule has 0 amide bonds. The Kier molecular flexibility index (Phi) is 6.04. The number of hydrogen-bond acceptors (Lipinski definition) is 2. The summed E-state index contributed by atoms with van der Waals surface area (Å²) in [6.45, 7) is 0. The van der Waals surface area contributed by atoms with Gasteiger partial charge >= 0.3 is 12.1 Å². The Labute approximate surface area is 148 Å². The Bertz CT molecular complexity index is 792. The van der Waals surface area contributed by atoms with Gasteiger partial charge in [0.2, 0.25) is 0 Å². The van der Waals surface area contributed by atoms with Crippen molar-refractivity contribution in [3.05, 3.63) is 82.4 Å². The van der Waals surface area contributed by atoms with Crippen LogP contribution in [-0.4, -0.2) is 19.3 Å². The van der Waals surface area contributed by atoms with Gasteiger partial charge in [-0.25, -0.2) is 4.79 Å². The van der Waals surface area contributed by atoms with Crippen molar-refractivity contribution >= 4 is 29.2 Å². The maximum Gasteiger partial charge on any atom is 0.417 e. The molecule has 2 aromatic carbocycles. The van der Waals surface area contributed by atoms with Crippen molar-refractivity contribution in [1.82, 2.24) is 0 Å². The lowest BCUT2D eigenvalue weighted by molar-refractivity contribution is -0.135. The van der Waals surface area contributed by atoms with E-state index in [1.165, 1.54) is 30.3 Å². The highest BCUT2D eigenvalue weighted by Crippen LogP contribution is 2.35. The van der Waals surface area contributed by atoms with E-state index in [1.54, 1.807) is 30.3 Å². The maximum atomic E-state index is 13.5. The molecular weight excluding hydrogens is 353 g/mol.